The number of sulfonamides is 1. The van der Waals surface area contributed by atoms with Gasteiger partial charge in [-0.25, -0.2) is 13.1 Å². The number of rotatable bonds is 7. The molecule has 19 heavy (non-hydrogen) atoms. The van der Waals surface area contributed by atoms with Crippen LogP contribution in [0.3, 0.4) is 0 Å². The van der Waals surface area contributed by atoms with Crippen molar-refractivity contribution in [1.82, 2.24) is 10.0 Å². The lowest BCUT2D eigenvalue weighted by molar-refractivity contribution is 0.520. The molecule has 2 N–H and O–H groups in total. The summed E-state index contributed by atoms with van der Waals surface area (Å²) in [6, 6.07) is 9.83. The summed E-state index contributed by atoms with van der Waals surface area (Å²) in [5.74, 6) is 0.0528. The van der Waals surface area contributed by atoms with Crippen LogP contribution in [0, 0.1) is 0 Å². The van der Waals surface area contributed by atoms with Crippen LogP contribution in [-0.4, -0.2) is 27.5 Å². The lowest BCUT2D eigenvalue weighted by Crippen LogP contribution is -2.36. The Labute approximate surface area is 115 Å². The van der Waals surface area contributed by atoms with E-state index >= 15 is 0 Å². The molecular weight excluding hydrogens is 260 g/mol. The molecule has 0 unspecified atom stereocenters. The summed E-state index contributed by atoms with van der Waals surface area (Å²) >= 11 is 0. The SMILES string of the molecule is O=S(=O)(Cc1ccccc1)NCCNC1CCCC1. The Kier molecular flexibility index (Phi) is 5.36. The minimum absolute atomic E-state index is 0.0528. The standard InChI is InChI=1S/C14H22N2O2S/c17-19(18,12-13-6-2-1-3-7-13)16-11-10-15-14-8-4-5-9-14/h1-3,6-7,14-16H,4-5,8-12H2. The molecule has 2 rings (SSSR count). The minimum atomic E-state index is -3.22. The van der Waals surface area contributed by atoms with Gasteiger partial charge in [0.2, 0.25) is 10.0 Å². The van der Waals surface area contributed by atoms with E-state index in [9.17, 15) is 8.42 Å². The molecule has 1 aromatic carbocycles. The van der Waals surface area contributed by atoms with Crippen molar-refractivity contribution in [3.05, 3.63) is 35.9 Å². The fourth-order valence-corrected chi connectivity index (χ4v) is 3.60. The molecule has 0 saturated heterocycles. The van der Waals surface area contributed by atoms with Crippen molar-refractivity contribution in [3.8, 4) is 0 Å². The molecule has 1 aromatic rings. The smallest absolute Gasteiger partial charge is 0.215 e. The van der Waals surface area contributed by atoms with E-state index in [1.807, 2.05) is 30.3 Å². The van der Waals surface area contributed by atoms with Gasteiger partial charge in [-0.2, -0.15) is 0 Å². The lowest BCUT2D eigenvalue weighted by Gasteiger charge is -2.12. The average molecular weight is 282 g/mol. The van der Waals surface area contributed by atoms with Gasteiger partial charge in [-0.1, -0.05) is 43.2 Å². The number of nitrogens with one attached hydrogen (secondary N) is 2. The molecule has 0 spiro atoms. The minimum Gasteiger partial charge on any atom is -0.313 e. The normalized spacial score (nSPS) is 16.8. The highest BCUT2D eigenvalue weighted by molar-refractivity contribution is 7.88. The van der Waals surface area contributed by atoms with Crippen LogP contribution in [0.2, 0.25) is 0 Å². The molecule has 1 saturated carbocycles. The topological polar surface area (TPSA) is 58.2 Å². The zero-order valence-electron chi connectivity index (χ0n) is 11.1. The Hall–Kier alpha value is -0.910. The van der Waals surface area contributed by atoms with Crippen LogP contribution in [0.5, 0.6) is 0 Å². The monoisotopic (exact) mass is 282 g/mol. The van der Waals surface area contributed by atoms with Crippen molar-refractivity contribution in [2.75, 3.05) is 13.1 Å². The second-order valence-corrected chi connectivity index (χ2v) is 6.88. The Morgan fingerprint density at radius 2 is 1.74 bits per heavy atom. The molecule has 0 heterocycles. The van der Waals surface area contributed by atoms with E-state index in [0.717, 1.165) is 5.56 Å². The highest BCUT2D eigenvalue weighted by Crippen LogP contribution is 2.17. The third kappa shape index (κ3) is 5.30. The van der Waals surface area contributed by atoms with Crippen molar-refractivity contribution < 1.29 is 8.42 Å². The second kappa shape index (κ2) is 7.03. The molecule has 1 aliphatic carbocycles. The summed E-state index contributed by atoms with van der Waals surface area (Å²) in [5, 5.41) is 3.39. The van der Waals surface area contributed by atoms with Crippen LogP contribution in [0.15, 0.2) is 30.3 Å². The van der Waals surface area contributed by atoms with Crippen LogP contribution < -0.4 is 10.0 Å². The second-order valence-electron chi connectivity index (χ2n) is 5.07. The van der Waals surface area contributed by atoms with Crippen LogP contribution in [0.4, 0.5) is 0 Å². The van der Waals surface area contributed by atoms with Gasteiger partial charge in [0.15, 0.2) is 0 Å². The molecule has 0 aliphatic heterocycles. The quantitative estimate of drug-likeness (QED) is 0.748. The van der Waals surface area contributed by atoms with Crippen LogP contribution in [0.1, 0.15) is 31.2 Å². The van der Waals surface area contributed by atoms with Gasteiger partial charge in [0.1, 0.15) is 0 Å². The molecule has 1 aliphatic rings. The largest absolute Gasteiger partial charge is 0.313 e. The molecule has 0 radical (unpaired) electrons. The summed E-state index contributed by atoms with van der Waals surface area (Å²) in [5.41, 5.74) is 0.818. The van der Waals surface area contributed by atoms with Crippen LogP contribution in [0.25, 0.3) is 0 Å². The summed E-state index contributed by atoms with van der Waals surface area (Å²) in [4.78, 5) is 0. The molecular formula is C14H22N2O2S. The first-order chi connectivity index (χ1) is 9.16. The van der Waals surface area contributed by atoms with Crippen molar-refractivity contribution in [3.63, 3.8) is 0 Å². The molecule has 1 fully saturated rings. The first-order valence-corrected chi connectivity index (χ1v) is 8.55. The molecule has 4 nitrogen and oxygen atoms in total. The lowest BCUT2D eigenvalue weighted by atomic mass is 10.2. The van der Waals surface area contributed by atoms with Crippen molar-refractivity contribution in [2.45, 2.75) is 37.5 Å². The van der Waals surface area contributed by atoms with E-state index in [1.165, 1.54) is 25.7 Å². The van der Waals surface area contributed by atoms with Crippen LogP contribution >= 0.6 is 0 Å². The van der Waals surface area contributed by atoms with E-state index in [-0.39, 0.29) is 5.75 Å². The highest BCUT2D eigenvalue weighted by Gasteiger charge is 2.14. The Balaban J connectivity index is 1.69. The molecule has 0 amide bonds. The molecule has 0 aromatic heterocycles. The van der Waals surface area contributed by atoms with Gasteiger partial charge in [0.05, 0.1) is 5.75 Å². The summed E-state index contributed by atoms with van der Waals surface area (Å²) < 4.78 is 26.4. The fourth-order valence-electron chi connectivity index (χ4n) is 2.46. The Morgan fingerprint density at radius 3 is 2.42 bits per heavy atom. The number of hydrogen-bond donors (Lipinski definition) is 2. The predicted octanol–water partition coefficient (Wildman–Crippen LogP) is 1.64. The fraction of sp³-hybridized carbons (Fsp3) is 0.571. The maximum absolute atomic E-state index is 11.9. The van der Waals surface area contributed by atoms with Gasteiger partial charge >= 0.3 is 0 Å². The highest BCUT2D eigenvalue weighted by atomic mass is 32.2. The number of hydrogen-bond acceptors (Lipinski definition) is 3. The van der Waals surface area contributed by atoms with E-state index in [4.69, 9.17) is 0 Å². The first kappa shape index (κ1) is 14.5. The summed E-state index contributed by atoms with van der Waals surface area (Å²) in [6.07, 6.45) is 5.02. The average Bonchev–Trinajstić information content (AvgIpc) is 2.88. The van der Waals surface area contributed by atoms with E-state index in [0.29, 0.717) is 19.1 Å². The molecule has 5 heteroatoms. The maximum atomic E-state index is 11.9. The van der Waals surface area contributed by atoms with E-state index in [1.54, 1.807) is 0 Å². The van der Waals surface area contributed by atoms with Gasteiger partial charge in [-0.05, 0) is 18.4 Å². The summed E-state index contributed by atoms with van der Waals surface area (Å²) in [6.45, 7) is 1.17. The Morgan fingerprint density at radius 1 is 1.05 bits per heavy atom. The summed E-state index contributed by atoms with van der Waals surface area (Å²) in [7, 11) is -3.22. The van der Waals surface area contributed by atoms with Crippen molar-refractivity contribution >= 4 is 10.0 Å². The van der Waals surface area contributed by atoms with Gasteiger partial charge in [-0.3, -0.25) is 0 Å². The zero-order chi connectivity index (χ0) is 13.6. The first-order valence-electron chi connectivity index (χ1n) is 6.90. The third-order valence-corrected chi connectivity index (χ3v) is 4.79. The Bertz CT molecular complexity index is 467. The molecule has 0 atom stereocenters. The molecule has 0 bridgehead atoms. The van der Waals surface area contributed by atoms with E-state index in [2.05, 4.69) is 10.0 Å². The van der Waals surface area contributed by atoms with Gasteiger partial charge < -0.3 is 5.32 Å². The van der Waals surface area contributed by atoms with Gasteiger partial charge in [-0.15, -0.1) is 0 Å². The van der Waals surface area contributed by atoms with Gasteiger partial charge in [0.25, 0.3) is 0 Å². The maximum Gasteiger partial charge on any atom is 0.215 e. The van der Waals surface area contributed by atoms with Crippen molar-refractivity contribution in [1.29, 1.82) is 0 Å². The third-order valence-electron chi connectivity index (χ3n) is 3.43. The zero-order valence-corrected chi connectivity index (χ0v) is 12.0. The predicted molar refractivity (Wildman–Crippen MR) is 77.3 cm³/mol. The number of benzene rings is 1. The van der Waals surface area contributed by atoms with Crippen molar-refractivity contribution in [2.24, 2.45) is 0 Å². The van der Waals surface area contributed by atoms with Gasteiger partial charge in [0, 0.05) is 19.1 Å². The van der Waals surface area contributed by atoms with Crippen LogP contribution in [-0.2, 0) is 15.8 Å². The molecule has 106 valence electrons. The van der Waals surface area contributed by atoms with E-state index < -0.39 is 10.0 Å².